The summed E-state index contributed by atoms with van der Waals surface area (Å²) in [5.74, 6) is -0.994. The molecule has 1 rings (SSSR count). The van der Waals surface area contributed by atoms with Gasteiger partial charge in [0.2, 0.25) is 5.56 Å². The summed E-state index contributed by atoms with van der Waals surface area (Å²) in [6.45, 7) is 0. The third-order valence-electron chi connectivity index (χ3n) is 1.46. The highest BCUT2D eigenvalue weighted by Crippen LogP contribution is 2.19. The minimum Gasteiger partial charge on any atom is -0.366 e. The number of nitrogens with two attached hydrogens (primary N) is 1. The van der Waals surface area contributed by atoms with E-state index in [-0.39, 0.29) is 5.56 Å². The Hall–Kier alpha value is -1.72. The standard InChI is InChI=1S/C7H6F2N2O2/c8-6(9)3-1-5(12)11-2-4(3)7(10)13/h1-2,6H,(H2,10,13)(H,11,12). The number of H-pyrrole nitrogens is 1. The number of primary amides is 1. The molecule has 1 aromatic rings. The van der Waals surface area contributed by atoms with Gasteiger partial charge in [-0.3, -0.25) is 9.59 Å². The van der Waals surface area contributed by atoms with E-state index >= 15 is 0 Å². The Morgan fingerprint density at radius 3 is 2.62 bits per heavy atom. The molecule has 13 heavy (non-hydrogen) atoms. The second-order valence-corrected chi connectivity index (χ2v) is 2.33. The van der Waals surface area contributed by atoms with E-state index in [0.717, 1.165) is 6.20 Å². The molecule has 1 amide bonds. The van der Waals surface area contributed by atoms with Crippen LogP contribution in [0.2, 0.25) is 0 Å². The quantitative estimate of drug-likeness (QED) is 0.705. The molecule has 0 saturated carbocycles. The van der Waals surface area contributed by atoms with Crippen LogP contribution in [0.4, 0.5) is 8.78 Å². The van der Waals surface area contributed by atoms with Crippen molar-refractivity contribution >= 4 is 5.91 Å². The van der Waals surface area contributed by atoms with E-state index in [4.69, 9.17) is 5.73 Å². The van der Waals surface area contributed by atoms with Crippen molar-refractivity contribution in [2.24, 2.45) is 5.73 Å². The highest BCUT2D eigenvalue weighted by atomic mass is 19.3. The van der Waals surface area contributed by atoms with Crippen LogP contribution in [0.3, 0.4) is 0 Å². The molecule has 0 spiro atoms. The van der Waals surface area contributed by atoms with Gasteiger partial charge in [-0.25, -0.2) is 8.78 Å². The summed E-state index contributed by atoms with van der Waals surface area (Å²) >= 11 is 0. The third-order valence-corrected chi connectivity index (χ3v) is 1.46. The molecule has 70 valence electrons. The number of rotatable bonds is 2. The van der Waals surface area contributed by atoms with Gasteiger partial charge in [0.1, 0.15) is 0 Å². The molecule has 0 unspecified atom stereocenters. The maximum Gasteiger partial charge on any atom is 0.264 e. The zero-order chi connectivity index (χ0) is 10.0. The molecule has 0 aliphatic carbocycles. The van der Waals surface area contributed by atoms with Crippen LogP contribution in [0.15, 0.2) is 17.1 Å². The van der Waals surface area contributed by atoms with Crippen LogP contribution in [0.25, 0.3) is 0 Å². The van der Waals surface area contributed by atoms with Gasteiger partial charge in [-0.05, 0) is 0 Å². The molecule has 3 N–H and O–H groups in total. The molecule has 0 bridgehead atoms. The van der Waals surface area contributed by atoms with Crippen LogP contribution in [0.1, 0.15) is 22.3 Å². The highest BCUT2D eigenvalue weighted by Gasteiger charge is 2.16. The van der Waals surface area contributed by atoms with Crippen molar-refractivity contribution in [1.29, 1.82) is 0 Å². The van der Waals surface area contributed by atoms with E-state index in [9.17, 15) is 18.4 Å². The van der Waals surface area contributed by atoms with Gasteiger partial charge in [-0.2, -0.15) is 0 Å². The van der Waals surface area contributed by atoms with Crippen molar-refractivity contribution in [2.75, 3.05) is 0 Å². The first-order valence-electron chi connectivity index (χ1n) is 3.33. The summed E-state index contributed by atoms with van der Waals surface area (Å²) in [5, 5.41) is 0. The minimum absolute atomic E-state index is 0.366. The first kappa shape index (κ1) is 9.37. The molecular formula is C7H6F2N2O2. The number of aromatic nitrogens is 1. The lowest BCUT2D eigenvalue weighted by Gasteiger charge is -2.03. The number of carbonyl (C=O) groups is 1. The average molecular weight is 188 g/mol. The molecule has 4 nitrogen and oxygen atoms in total. The Bertz CT molecular complexity index is 386. The van der Waals surface area contributed by atoms with Gasteiger partial charge in [0.15, 0.2) is 0 Å². The molecule has 0 fully saturated rings. The maximum atomic E-state index is 12.2. The predicted molar refractivity (Wildman–Crippen MR) is 40.5 cm³/mol. The fraction of sp³-hybridized carbons (Fsp3) is 0.143. The molecule has 0 aliphatic rings. The van der Waals surface area contributed by atoms with Crippen molar-refractivity contribution in [3.8, 4) is 0 Å². The topological polar surface area (TPSA) is 76.0 Å². The van der Waals surface area contributed by atoms with Gasteiger partial charge in [-0.15, -0.1) is 0 Å². The summed E-state index contributed by atoms with van der Waals surface area (Å²) in [5.41, 5.74) is 3.11. The monoisotopic (exact) mass is 188 g/mol. The van der Waals surface area contributed by atoms with E-state index in [2.05, 4.69) is 4.98 Å². The molecule has 6 heteroatoms. The first-order valence-corrected chi connectivity index (χ1v) is 3.33. The van der Waals surface area contributed by atoms with E-state index in [1.165, 1.54) is 0 Å². The summed E-state index contributed by atoms with van der Waals surface area (Å²) in [6, 6.07) is 0.657. The van der Waals surface area contributed by atoms with Crippen LogP contribution in [0, 0.1) is 0 Å². The number of aromatic amines is 1. The Labute approximate surface area is 71.4 Å². The summed E-state index contributed by atoms with van der Waals surface area (Å²) in [4.78, 5) is 23.3. The Morgan fingerprint density at radius 1 is 1.54 bits per heavy atom. The van der Waals surface area contributed by atoms with Crippen molar-refractivity contribution in [1.82, 2.24) is 4.98 Å². The fourth-order valence-corrected chi connectivity index (χ4v) is 0.881. The molecule has 0 atom stereocenters. The number of amides is 1. The summed E-state index contributed by atoms with van der Waals surface area (Å²) in [6.07, 6.45) is -2.00. The molecule has 0 aliphatic heterocycles. The third kappa shape index (κ3) is 1.90. The van der Waals surface area contributed by atoms with Crippen molar-refractivity contribution < 1.29 is 13.6 Å². The Morgan fingerprint density at radius 2 is 2.15 bits per heavy atom. The van der Waals surface area contributed by atoms with Gasteiger partial charge >= 0.3 is 0 Å². The second-order valence-electron chi connectivity index (χ2n) is 2.33. The number of carbonyl (C=O) groups excluding carboxylic acids is 1. The number of hydrogen-bond acceptors (Lipinski definition) is 2. The van der Waals surface area contributed by atoms with E-state index in [1.807, 2.05) is 0 Å². The smallest absolute Gasteiger partial charge is 0.264 e. The largest absolute Gasteiger partial charge is 0.366 e. The van der Waals surface area contributed by atoms with Crippen LogP contribution >= 0.6 is 0 Å². The SMILES string of the molecule is NC(=O)c1c[nH]c(=O)cc1C(F)F. The minimum atomic E-state index is -2.88. The van der Waals surface area contributed by atoms with Crippen molar-refractivity contribution in [3.63, 3.8) is 0 Å². The van der Waals surface area contributed by atoms with Gasteiger partial charge in [-0.1, -0.05) is 0 Å². The number of hydrogen-bond donors (Lipinski definition) is 2. The lowest BCUT2D eigenvalue weighted by molar-refractivity contribution is 0.0985. The lowest BCUT2D eigenvalue weighted by atomic mass is 10.1. The summed E-state index contributed by atoms with van der Waals surface area (Å²) < 4.78 is 24.4. The zero-order valence-electron chi connectivity index (χ0n) is 6.38. The van der Waals surface area contributed by atoms with Crippen LogP contribution < -0.4 is 11.3 Å². The Balaban J connectivity index is 3.35. The number of halogens is 2. The van der Waals surface area contributed by atoms with Crippen molar-refractivity contribution in [2.45, 2.75) is 6.43 Å². The lowest BCUT2D eigenvalue weighted by Crippen LogP contribution is -2.18. The van der Waals surface area contributed by atoms with Gasteiger partial charge in [0.25, 0.3) is 12.3 Å². The van der Waals surface area contributed by atoms with Gasteiger partial charge < -0.3 is 10.7 Å². The average Bonchev–Trinajstić information content (AvgIpc) is 2.03. The van der Waals surface area contributed by atoms with E-state index in [1.54, 1.807) is 0 Å². The normalized spacial score (nSPS) is 10.4. The molecule has 0 aromatic carbocycles. The van der Waals surface area contributed by atoms with Gasteiger partial charge in [0, 0.05) is 17.8 Å². The highest BCUT2D eigenvalue weighted by molar-refractivity contribution is 5.94. The van der Waals surface area contributed by atoms with Gasteiger partial charge in [0.05, 0.1) is 5.56 Å². The molecule has 1 heterocycles. The second kappa shape index (κ2) is 3.34. The zero-order valence-corrected chi connectivity index (χ0v) is 6.38. The molecule has 0 radical (unpaired) electrons. The van der Waals surface area contributed by atoms with Crippen molar-refractivity contribution in [3.05, 3.63) is 33.7 Å². The van der Waals surface area contributed by atoms with E-state index < -0.39 is 23.5 Å². The van der Waals surface area contributed by atoms with Crippen LogP contribution in [-0.2, 0) is 0 Å². The summed E-state index contributed by atoms with van der Waals surface area (Å²) in [7, 11) is 0. The molecule has 1 aromatic heterocycles. The molecule has 0 saturated heterocycles. The Kier molecular flexibility index (Phi) is 2.41. The van der Waals surface area contributed by atoms with E-state index in [0.29, 0.717) is 6.07 Å². The number of pyridine rings is 1. The van der Waals surface area contributed by atoms with Crippen LogP contribution in [0.5, 0.6) is 0 Å². The first-order chi connectivity index (χ1) is 6.02. The number of nitrogens with one attached hydrogen (secondary N) is 1. The maximum absolute atomic E-state index is 12.2. The number of alkyl halides is 2. The fourth-order valence-electron chi connectivity index (χ4n) is 0.881. The predicted octanol–water partition coefficient (Wildman–Crippen LogP) is 0.411. The molecular weight excluding hydrogens is 182 g/mol. The van der Waals surface area contributed by atoms with Crippen LogP contribution in [-0.4, -0.2) is 10.9 Å².